The van der Waals surface area contributed by atoms with Crippen LogP contribution in [0.25, 0.3) is 0 Å². The normalized spacial score (nSPS) is 15.2. The lowest BCUT2D eigenvalue weighted by molar-refractivity contribution is 0.303. The molecule has 1 aliphatic rings. The number of halogens is 1. The first kappa shape index (κ1) is 10.6. The van der Waals surface area contributed by atoms with Crippen LogP contribution in [0, 0.1) is 22.7 Å². The van der Waals surface area contributed by atoms with Gasteiger partial charge in [-0.15, -0.1) is 0 Å². The molecule has 0 spiro atoms. The molecule has 0 aromatic carbocycles. The van der Waals surface area contributed by atoms with Crippen molar-refractivity contribution >= 4 is 15.9 Å². The second-order valence-electron chi connectivity index (χ2n) is 2.74. The third kappa shape index (κ3) is 1.86. The van der Waals surface area contributed by atoms with E-state index in [1.807, 2.05) is 12.1 Å². The molecular weight excluding hydrogens is 244 g/mol. The molecule has 1 heterocycles. The standard InChI is InChI=1S/C10H7BrN2O/c1-6-3-9(8(4-12)5-13)10(11)7(2)14-6/h3H,1-2H3. The molecule has 3 nitrogen and oxygen atoms in total. The molecule has 0 aromatic rings. The Kier molecular flexibility index (Phi) is 3.11. The molecule has 70 valence electrons. The second kappa shape index (κ2) is 4.13. The Hall–Kier alpha value is -1.52. The fourth-order valence-electron chi connectivity index (χ4n) is 1.10. The minimum Gasteiger partial charge on any atom is -0.465 e. The molecule has 0 saturated carbocycles. The van der Waals surface area contributed by atoms with Crippen molar-refractivity contribution in [2.75, 3.05) is 0 Å². The van der Waals surface area contributed by atoms with Gasteiger partial charge < -0.3 is 4.74 Å². The van der Waals surface area contributed by atoms with Gasteiger partial charge in [-0.1, -0.05) is 0 Å². The maximum absolute atomic E-state index is 8.72. The van der Waals surface area contributed by atoms with Crippen LogP contribution in [-0.2, 0) is 4.74 Å². The fourth-order valence-corrected chi connectivity index (χ4v) is 1.49. The van der Waals surface area contributed by atoms with Gasteiger partial charge in [-0.2, -0.15) is 10.5 Å². The van der Waals surface area contributed by atoms with E-state index in [-0.39, 0.29) is 5.57 Å². The highest BCUT2D eigenvalue weighted by atomic mass is 79.9. The quantitative estimate of drug-likeness (QED) is 0.622. The molecule has 0 fully saturated rings. The molecular formula is C10H7BrN2O. The van der Waals surface area contributed by atoms with E-state index in [9.17, 15) is 0 Å². The van der Waals surface area contributed by atoms with Gasteiger partial charge >= 0.3 is 0 Å². The Morgan fingerprint density at radius 1 is 1.36 bits per heavy atom. The Balaban J connectivity index is 3.37. The summed E-state index contributed by atoms with van der Waals surface area (Å²) in [6.07, 6.45) is 1.67. The lowest BCUT2D eigenvalue weighted by atomic mass is 10.1. The van der Waals surface area contributed by atoms with E-state index >= 15 is 0 Å². The number of allylic oxidation sites excluding steroid dienone is 6. The molecule has 4 heteroatoms. The van der Waals surface area contributed by atoms with E-state index in [2.05, 4.69) is 15.9 Å². The topological polar surface area (TPSA) is 56.8 Å². The first-order chi connectivity index (χ1) is 6.60. The zero-order chi connectivity index (χ0) is 10.7. The molecule has 14 heavy (non-hydrogen) atoms. The third-order valence-electron chi connectivity index (χ3n) is 1.70. The van der Waals surface area contributed by atoms with Crippen LogP contribution in [-0.4, -0.2) is 0 Å². The van der Waals surface area contributed by atoms with Crippen LogP contribution in [0.15, 0.2) is 33.2 Å². The first-order valence-electron chi connectivity index (χ1n) is 3.87. The van der Waals surface area contributed by atoms with Crippen LogP contribution in [0.1, 0.15) is 13.8 Å². The van der Waals surface area contributed by atoms with Crippen molar-refractivity contribution in [1.29, 1.82) is 10.5 Å². The fraction of sp³-hybridized carbons (Fsp3) is 0.200. The Morgan fingerprint density at radius 3 is 2.43 bits per heavy atom. The summed E-state index contributed by atoms with van der Waals surface area (Å²) < 4.78 is 5.96. The SMILES string of the molecule is CC1=CC(=C(C#N)C#N)C(Br)=C(C)O1. The average molecular weight is 251 g/mol. The summed E-state index contributed by atoms with van der Waals surface area (Å²) in [6.45, 7) is 3.54. The van der Waals surface area contributed by atoms with E-state index < -0.39 is 0 Å². The Labute approximate surface area is 90.7 Å². The minimum absolute atomic E-state index is 0.0823. The number of hydrogen-bond donors (Lipinski definition) is 0. The summed E-state index contributed by atoms with van der Waals surface area (Å²) in [6, 6.07) is 3.69. The number of rotatable bonds is 0. The number of hydrogen-bond acceptors (Lipinski definition) is 3. The highest BCUT2D eigenvalue weighted by Gasteiger charge is 2.16. The predicted octanol–water partition coefficient (Wildman–Crippen LogP) is 2.89. The molecule has 0 radical (unpaired) electrons. The van der Waals surface area contributed by atoms with Crippen molar-refractivity contribution in [1.82, 2.24) is 0 Å². The molecule has 0 saturated heterocycles. The third-order valence-corrected chi connectivity index (χ3v) is 2.69. The van der Waals surface area contributed by atoms with Gasteiger partial charge in [-0.25, -0.2) is 0 Å². The van der Waals surface area contributed by atoms with Crippen LogP contribution < -0.4 is 0 Å². The zero-order valence-corrected chi connectivity index (χ0v) is 9.34. The van der Waals surface area contributed by atoms with Gasteiger partial charge in [-0.3, -0.25) is 0 Å². The van der Waals surface area contributed by atoms with Crippen molar-refractivity contribution in [3.63, 3.8) is 0 Å². The van der Waals surface area contributed by atoms with Gasteiger partial charge in [0.1, 0.15) is 29.2 Å². The summed E-state index contributed by atoms with van der Waals surface area (Å²) in [5.41, 5.74) is 0.662. The van der Waals surface area contributed by atoms with Gasteiger partial charge in [0.15, 0.2) is 0 Å². The van der Waals surface area contributed by atoms with Crippen molar-refractivity contribution in [3.05, 3.63) is 33.2 Å². The van der Waals surface area contributed by atoms with E-state index in [0.29, 0.717) is 21.6 Å². The van der Waals surface area contributed by atoms with Gasteiger partial charge in [-0.05, 0) is 35.9 Å². The van der Waals surface area contributed by atoms with Crippen LogP contribution >= 0.6 is 15.9 Å². The maximum atomic E-state index is 8.72. The minimum atomic E-state index is 0.0823. The van der Waals surface area contributed by atoms with Gasteiger partial charge in [0.25, 0.3) is 0 Å². The van der Waals surface area contributed by atoms with Crippen molar-refractivity contribution in [3.8, 4) is 12.1 Å². The highest BCUT2D eigenvalue weighted by molar-refractivity contribution is 9.12. The molecule has 1 rings (SSSR count). The van der Waals surface area contributed by atoms with Gasteiger partial charge in [0, 0.05) is 5.57 Å². The molecule has 0 aromatic heterocycles. The summed E-state index contributed by atoms with van der Waals surface area (Å²) in [5.74, 6) is 1.33. The van der Waals surface area contributed by atoms with Crippen molar-refractivity contribution in [2.24, 2.45) is 0 Å². The largest absolute Gasteiger partial charge is 0.465 e. The Morgan fingerprint density at radius 2 is 1.93 bits per heavy atom. The summed E-state index contributed by atoms with van der Waals surface area (Å²) in [7, 11) is 0. The summed E-state index contributed by atoms with van der Waals surface area (Å²) in [4.78, 5) is 0. The van der Waals surface area contributed by atoms with Crippen LogP contribution in [0.5, 0.6) is 0 Å². The predicted molar refractivity (Wildman–Crippen MR) is 54.7 cm³/mol. The van der Waals surface area contributed by atoms with Gasteiger partial charge in [0.05, 0.1) is 4.48 Å². The van der Waals surface area contributed by atoms with Gasteiger partial charge in [0.2, 0.25) is 0 Å². The first-order valence-corrected chi connectivity index (χ1v) is 4.66. The molecule has 0 bridgehead atoms. The number of nitriles is 2. The van der Waals surface area contributed by atoms with E-state index in [4.69, 9.17) is 15.3 Å². The van der Waals surface area contributed by atoms with Crippen LogP contribution in [0.2, 0.25) is 0 Å². The lowest BCUT2D eigenvalue weighted by Crippen LogP contribution is -2.00. The van der Waals surface area contributed by atoms with E-state index in [0.717, 1.165) is 0 Å². The van der Waals surface area contributed by atoms with Crippen molar-refractivity contribution in [2.45, 2.75) is 13.8 Å². The van der Waals surface area contributed by atoms with E-state index in [1.165, 1.54) is 0 Å². The second-order valence-corrected chi connectivity index (χ2v) is 3.53. The number of ether oxygens (including phenoxy) is 1. The smallest absolute Gasteiger partial charge is 0.138 e. The lowest BCUT2D eigenvalue weighted by Gasteiger charge is -2.15. The van der Waals surface area contributed by atoms with Crippen LogP contribution in [0.3, 0.4) is 0 Å². The van der Waals surface area contributed by atoms with Crippen molar-refractivity contribution < 1.29 is 4.74 Å². The molecule has 0 N–H and O–H groups in total. The Bertz CT molecular complexity index is 428. The zero-order valence-electron chi connectivity index (χ0n) is 7.76. The monoisotopic (exact) mass is 250 g/mol. The molecule has 0 unspecified atom stereocenters. The number of nitrogens with zero attached hydrogens (tertiary/aromatic N) is 2. The molecule has 1 aliphatic heterocycles. The average Bonchev–Trinajstić information content (AvgIpc) is 2.15. The molecule has 0 atom stereocenters. The molecule has 0 amide bonds. The molecule has 0 aliphatic carbocycles. The highest BCUT2D eigenvalue weighted by Crippen LogP contribution is 2.32. The van der Waals surface area contributed by atoms with E-state index in [1.54, 1.807) is 19.9 Å². The summed E-state index contributed by atoms with van der Waals surface area (Å²) >= 11 is 3.28. The van der Waals surface area contributed by atoms with Crippen LogP contribution in [0.4, 0.5) is 0 Å². The summed E-state index contributed by atoms with van der Waals surface area (Å²) in [5, 5.41) is 17.4. The maximum Gasteiger partial charge on any atom is 0.138 e.